The number of fused-ring (bicyclic) bond motifs is 1. The van der Waals surface area contributed by atoms with E-state index in [0.29, 0.717) is 12.4 Å². The second-order valence-electron chi connectivity index (χ2n) is 12.9. The molecule has 6 heteroatoms. The van der Waals surface area contributed by atoms with E-state index in [9.17, 15) is 0 Å². The van der Waals surface area contributed by atoms with E-state index in [2.05, 4.69) is 165 Å². The number of nitrogens with one attached hydrogen (secondary N) is 2. The van der Waals surface area contributed by atoms with Gasteiger partial charge in [-0.15, -0.1) is 0 Å². The monoisotopic (exact) mass is 686 g/mol. The lowest BCUT2D eigenvalue weighted by atomic mass is 9.91. The van der Waals surface area contributed by atoms with Crippen molar-refractivity contribution in [3.05, 3.63) is 199 Å². The topological polar surface area (TPSA) is 74.6 Å². The predicted octanol–water partition coefficient (Wildman–Crippen LogP) is 10.2. The summed E-state index contributed by atoms with van der Waals surface area (Å²) in [4.78, 5) is 18.8. The third kappa shape index (κ3) is 7.58. The molecular formula is C47H38N6. The second kappa shape index (κ2) is 15.5. The summed E-state index contributed by atoms with van der Waals surface area (Å²) in [6, 6.07) is 53.3. The van der Waals surface area contributed by atoms with Crippen molar-refractivity contribution < 1.29 is 0 Å². The Morgan fingerprint density at radius 1 is 0.604 bits per heavy atom. The normalized spacial score (nSPS) is 13.8. The first kappa shape index (κ1) is 33.2. The largest absolute Gasteiger partial charge is 0.394 e. The summed E-state index contributed by atoms with van der Waals surface area (Å²) in [5.41, 5.74) is 13.1. The van der Waals surface area contributed by atoms with Crippen molar-refractivity contribution in [1.29, 1.82) is 0 Å². The first-order chi connectivity index (χ1) is 26.2. The molecule has 0 fully saturated rings. The molecular weight excluding hydrogens is 649 g/mol. The number of hydrogen-bond donors (Lipinski definition) is 2. The quantitative estimate of drug-likeness (QED) is 0.141. The zero-order chi connectivity index (χ0) is 35.8. The van der Waals surface area contributed by atoms with Crippen LogP contribution in [0.1, 0.15) is 28.3 Å². The van der Waals surface area contributed by atoms with Crippen molar-refractivity contribution in [3.8, 4) is 44.8 Å². The van der Waals surface area contributed by atoms with Gasteiger partial charge in [-0.1, -0.05) is 121 Å². The van der Waals surface area contributed by atoms with Gasteiger partial charge in [0.25, 0.3) is 0 Å². The molecule has 53 heavy (non-hydrogen) atoms. The maximum Gasteiger partial charge on any atom is 0.159 e. The van der Waals surface area contributed by atoms with Crippen molar-refractivity contribution in [2.45, 2.75) is 12.6 Å². The highest BCUT2D eigenvalue weighted by atomic mass is 15.1. The van der Waals surface area contributed by atoms with Crippen LogP contribution in [-0.2, 0) is 6.54 Å². The molecule has 256 valence electrons. The molecule has 7 aromatic rings. The van der Waals surface area contributed by atoms with Crippen molar-refractivity contribution in [1.82, 2.24) is 20.6 Å². The lowest BCUT2D eigenvalue weighted by molar-refractivity contribution is 0.749. The summed E-state index contributed by atoms with van der Waals surface area (Å²) in [6.45, 7) is 0.614. The van der Waals surface area contributed by atoms with Gasteiger partial charge in [0.15, 0.2) is 5.82 Å². The molecule has 1 unspecified atom stereocenters. The summed E-state index contributed by atoms with van der Waals surface area (Å²) in [5.74, 6) is 1.53. The number of benzene rings is 6. The van der Waals surface area contributed by atoms with E-state index in [4.69, 9.17) is 4.99 Å². The predicted molar refractivity (Wildman–Crippen MR) is 218 cm³/mol. The van der Waals surface area contributed by atoms with E-state index in [1.807, 2.05) is 37.7 Å². The summed E-state index contributed by atoms with van der Waals surface area (Å²) < 4.78 is 0. The van der Waals surface area contributed by atoms with E-state index >= 15 is 0 Å². The molecule has 6 nitrogen and oxygen atoms in total. The number of nitrogens with zero attached hydrogens (tertiary/aromatic N) is 4. The van der Waals surface area contributed by atoms with E-state index in [0.717, 1.165) is 61.6 Å². The van der Waals surface area contributed by atoms with Crippen LogP contribution in [-0.4, -0.2) is 29.1 Å². The molecule has 2 N–H and O–H groups in total. The SMILES string of the molecule is CN/C=C\C=NCc1ccc(-c2cc(C3=Nc4cc(-c5ccccc5)ccc4C(c4ccccc4)N3)cc(-c3ccc(-c4ncccn4)cc3)c2)cc1. The van der Waals surface area contributed by atoms with Crippen molar-refractivity contribution >= 4 is 17.7 Å². The Kier molecular flexibility index (Phi) is 9.74. The molecule has 2 heterocycles. The van der Waals surface area contributed by atoms with Gasteiger partial charge in [0.2, 0.25) is 0 Å². The molecule has 1 aromatic heterocycles. The number of rotatable bonds is 10. The fourth-order valence-corrected chi connectivity index (χ4v) is 6.64. The number of allylic oxidation sites excluding steroid dienone is 1. The summed E-state index contributed by atoms with van der Waals surface area (Å²) >= 11 is 0. The number of hydrogen-bond acceptors (Lipinski definition) is 6. The van der Waals surface area contributed by atoms with Gasteiger partial charge in [0, 0.05) is 42.3 Å². The molecule has 0 aliphatic carbocycles. The molecule has 0 spiro atoms. The summed E-state index contributed by atoms with van der Waals surface area (Å²) in [7, 11) is 1.87. The molecule has 0 saturated heterocycles. The lowest BCUT2D eigenvalue weighted by Crippen LogP contribution is -2.32. The standard InChI is InChI=1S/C47H38N6/c1-48-24-8-25-49-32-33-14-16-35(17-15-33)40-28-41(36-18-20-38(21-19-36)46-50-26-9-27-51-46)30-42(29-40)47-52-44-31-39(34-10-4-2-5-11-34)22-23-43(44)45(53-47)37-12-6-3-7-13-37/h2-31,45,48H,32H2,1H3,(H,52,53)/b24-8-,49-25?. The van der Waals surface area contributed by atoms with Crippen molar-refractivity contribution in [2.75, 3.05) is 7.05 Å². The van der Waals surface area contributed by atoms with E-state index in [1.165, 1.54) is 11.1 Å². The molecule has 8 rings (SSSR count). The average molecular weight is 687 g/mol. The number of amidine groups is 1. The molecule has 0 bridgehead atoms. The van der Waals surface area contributed by atoms with Crippen LogP contribution < -0.4 is 10.6 Å². The number of aliphatic imine (C=N–C) groups is 2. The van der Waals surface area contributed by atoms with Gasteiger partial charge in [-0.25, -0.2) is 15.0 Å². The third-order valence-electron chi connectivity index (χ3n) is 9.36. The van der Waals surface area contributed by atoms with Gasteiger partial charge in [-0.3, -0.25) is 4.99 Å². The van der Waals surface area contributed by atoms with Crippen LogP contribution in [0.25, 0.3) is 44.8 Å². The Morgan fingerprint density at radius 2 is 1.21 bits per heavy atom. The van der Waals surface area contributed by atoms with E-state index < -0.39 is 0 Å². The maximum atomic E-state index is 5.33. The molecule has 1 atom stereocenters. The molecule has 1 aliphatic heterocycles. The van der Waals surface area contributed by atoms with Crippen LogP contribution in [0.3, 0.4) is 0 Å². The van der Waals surface area contributed by atoms with Gasteiger partial charge < -0.3 is 10.6 Å². The van der Waals surface area contributed by atoms with Crippen LogP contribution in [0, 0.1) is 0 Å². The average Bonchev–Trinajstić information content (AvgIpc) is 3.24. The highest BCUT2D eigenvalue weighted by Crippen LogP contribution is 2.39. The van der Waals surface area contributed by atoms with Crippen molar-refractivity contribution in [2.24, 2.45) is 9.98 Å². The highest BCUT2D eigenvalue weighted by Gasteiger charge is 2.25. The fraction of sp³-hybridized carbons (Fsp3) is 0.0638. The van der Waals surface area contributed by atoms with E-state index in [-0.39, 0.29) is 6.04 Å². The smallest absolute Gasteiger partial charge is 0.159 e. The van der Waals surface area contributed by atoms with E-state index in [1.54, 1.807) is 12.4 Å². The van der Waals surface area contributed by atoms with Crippen molar-refractivity contribution in [3.63, 3.8) is 0 Å². The van der Waals surface area contributed by atoms with Crippen LogP contribution in [0.2, 0.25) is 0 Å². The fourth-order valence-electron chi connectivity index (χ4n) is 6.64. The second-order valence-corrected chi connectivity index (χ2v) is 12.9. The van der Waals surface area contributed by atoms with Gasteiger partial charge >= 0.3 is 0 Å². The van der Waals surface area contributed by atoms with Crippen LogP contribution in [0.5, 0.6) is 0 Å². The minimum Gasteiger partial charge on any atom is -0.394 e. The Bertz CT molecular complexity index is 2400. The zero-order valence-electron chi connectivity index (χ0n) is 29.4. The van der Waals surface area contributed by atoms with Gasteiger partial charge in [-0.05, 0) is 87.1 Å². The Morgan fingerprint density at radius 3 is 1.91 bits per heavy atom. The minimum absolute atomic E-state index is 0.0661. The number of aromatic nitrogens is 2. The summed E-state index contributed by atoms with van der Waals surface area (Å²) in [5, 5.41) is 6.82. The maximum absolute atomic E-state index is 5.33. The highest BCUT2D eigenvalue weighted by molar-refractivity contribution is 6.04. The van der Waals surface area contributed by atoms with Gasteiger partial charge in [-0.2, -0.15) is 0 Å². The minimum atomic E-state index is -0.0661. The molecule has 1 aliphatic rings. The molecule has 6 aromatic carbocycles. The Labute approximate surface area is 310 Å². The summed E-state index contributed by atoms with van der Waals surface area (Å²) in [6.07, 6.45) is 9.11. The Balaban J connectivity index is 1.22. The van der Waals surface area contributed by atoms with Crippen LogP contribution >= 0.6 is 0 Å². The first-order valence-corrected chi connectivity index (χ1v) is 17.8. The zero-order valence-corrected chi connectivity index (χ0v) is 29.4. The molecule has 0 amide bonds. The third-order valence-corrected chi connectivity index (χ3v) is 9.36. The van der Waals surface area contributed by atoms with Crippen LogP contribution in [0.4, 0.5) is 5.69 Å². The van der Waals surface area contributed by atoms with Crippen LogP contribution in [0.15, 0.2) is 186 Å². The van der Waals surface area contributed by atoms with Gasteiger partial charge in [0.1, 0.15) is 5.84 Å². The Hall–Kier alpha value is -6.92. The lowest BCUT2D eigenvalue weighted by Gasteiger charge is -2.28. The molecule has 0 radical (unpaired) electrons. The molecule has 0 saturated carbocycles. The first-order valence-electron chi connectivity index (χ1n) is 17.8. The van der Waals surface area contributed by atoms with Gasteiger partial charge in [0.05, 0.1) is 18.3 Å².